The molecule has 2 aromatic rings. The van der Waals surface area contributed by atoms with E-state index in [1.54, 1.807) is 11.3 Å². The Balaban J connectivity index is 1.21. The number of carbonyl (C=O) groups excluding carboxylic acids is 1. The molecular formula is C26H38N6OS. The highest BCUT2D eigenvalue weighted by Crippen LogP contribution is 2.24. The lowest BCUT2D eigenvalue weighted by molar-refractivity contribution is 0.0580. The first-order valence-electron chi connectivity index (χ1n) is 13.2. The molecule has 8 heteroatoms. The molecule has 3 aliphatic rings. The monoisotopic (exact) mass is 482 g/mol. The van der Waals surface area contributed by atoms with Gasteiger partial charge in [0.05, 0.1) is 4.88 Å². The summed E-state index contributed by atoms with van der Waals surface area (Å²) in [7, 11) is 0. The van der Waals surface area contributed by atoms with Gasteiger partial charge in [0.2, 0.25) is 5.95 Å². The number of thiophene rings is 1. The Bertz CT molecular complexity index is 914. The van der Waals surface area contributed by atoms with E-state index in [4.69, 9.17) is 4.98 Å². The molecule has 1 amide bonds. The van der Waals surface area contributed by atoms with Crippen LogP contribution in [-0.2, 0) is 0 Å². The van der Waals surface area contributed by atoms with Crippen molar-refractivity contribution in [1.82, 2.24) is 19.8 Å². The summed E-state index contributed by atoms with van der Waals surface area (Å²) in [6, 6.07) is 6.74. The summed E-state index contributed by atoms with van der Waals surface area (Å²) in [5.41, 5.74) is 0. The molecule has 2 atom stereocenters. The molecule has 0 radical (unpaired) electrons. The van der Waals surface area contributed by atoms with Gasteiger partial charge in [-0.2, -0.15) is 4.98 Å². The zero-order chi connectivity index (χ0) is 23.2. The van der Waals surface area contributed by atoms with Crippen molar-refractivity contribution in [2.75, 3.05) is 49.5 Å². The third-order valence-electron chi connectivity index (χ3n) is 7.54. The molecule has 0 aromatic carbocycles. The van der Waals surface area contributed by atoms with E-state index >= 15 is 0 Å². The Hall–Kier alpha value is -2.19. The van der Waals surface area contributed by atoms with Crippen LogP contribution in [0.1, 0.15) is 67.5 Å². The fraction of sp³-hybridized carbons (Fsp3) is 0.654. The largest absolute Gasteiger partial charge is 0.356 e. The fourth-order valence-corrected chi connectivity index (χ4v) is 6.38. The lowest BCUT2D eigenvalue weighted by Gasteiger charge is -2.40. The van der Waals surface area contributed by atoms with E-state index in [1.165, 1.54) is 44.9 Å². The third kappa shape index (κ3) is 5.89. The second-order valence-electron chi connectivity index (χ2n) is 10.00. The maximum Gasteiger partial charge on any atom is 0.263 e. The van der Waals surface area contributed by atoms with Gasteiger partial charge in [-0.25, -0.2) is 4.98 Å². The summed E-state index contributed by atoms with van der Waals surface area (Å²) in [4.78, 5) is 30.4. The molecule has 7 nitrogen and oxygen atoms in total. The van der Waals surface area contributed by atoms with Crippen molar-refractivity contribution in [3.63, 3.8) is 0 Å². The van der Waals surface area contributed by atoms with Crippen LogP contribution in [0.15, 0.2) is 29.8 Å². The van der Waals surface area contributed by atoms with Crippen molar-refractivity contribution in [3.05, 3.63) is 34.7 Å². The molecule has 0 saturated carbocycles. The Labute approximate surface area is 207 Å². The number of aromatic nitrogens is 2. The summed E-state index contributed by atoms with van der Waals surface area (Å²) in [5, 5.41) is 5.66. The minimum atomic E-state index is 0.197. The maximum absolute atomic E-state index is 12.9. The first-order valence-corrected chi connectivity index (χ1v) is 14.1. The molecule has 5 rings (SSSR count). The zero-order valence-corrected chi connectivity index (χ0v) is 21.0. The molecule has 0 aliphatic carbocycles. The molecule has 184 valence electrons. The number of amides is 1. The highest BCUT2D eigenvalue weighted by molar-refractivity contribution is 7.12. The van der Waals surface area contributed by atoms with Gasteiger partial charge >= 0.3 is 0 Å². The maximum atomic E-state index is 12.9. The highest BCUT2D eigenvalue weighted by atomic mass is 32.1. The van der Waals surface area contributed by atoms with Crippen molar-refractivity contribution < 1.29 is 4.79 Å². The van der Waals surface area contributed by atoms with Gasteiger partial charge in [-0.05, 0) is 62.6 Å². The predicted octanol–water partition coefficient (Wildman–Crippen LogP) is 4.49. The Morgan fingerprint density at radius 2 is 1.79 bits per heavy atom. The summed E-state index contributed by atoms with van der Waals surface area (Å²) in [6.07, 6.45) is 12.9. The molecule has 3 aliphatic heterocycles. The molecule has 3 fully saturated rings. The Morgan fingerprint density at radius 1 is 0.941 bits per heavy atom. The normalized spacial score (nSPS) is 24.9. The number of anilines is 2. The van der Waals surface area contributed by atoms with Gasteiger partial charge in [0.25, 0.3) is 5.91 Å². The molecule has 5 heterocycles. The van der Waals surface area contributed by atoms with Crippen molar-refractivity contribution in [2.45, 2.75) is 69.9 Å². The Kier molecular flexibility index (Phi) is 7.96. The van der Waals surface area contributed by atoms with Crippen molar-refractivity contribution in [1.29, 1.82) is 0 Å². The number of likely N-dealkylation sites (tertiary alicyclic amines) is 2. The number of nitrogens with one attached hydrogen (secondary N) is 1. The van der Waals surface area contributed by atoms with Crippen LogP contribution >= 0.6 is 11.3 Å². The quantitative estimate of drug-likeness (QED) is 0.677. The summed E-state index contributed by atoms with van der Waals surface area (Å²) < 4.78 is 0. The number of rotatable bonds is 5. The lowest BCUT2D eigenvalue weighted by atomic mass is 10.0. The molecule has 0 bridgehead atoms. The average molecular weight is 483 g/mol. The Morgan fingerprint density at radius 3 is 2.62 bits per heavy atom. The van der Waals surface area contributed by atoms with Crippen molar-refractivity contribution >= 4 is 29.0 Å². The van der Waals surface area contributed by atoms with Crippen LogP contribution in [0.3, 0.4) is 0 Å². The number of piperidine rings is 1. The van der Waals surface area contributed by atoms with E-state index in [2.05, 4.69) is 31.1 Å². The molecule has 3 saturated heterocycles. The standard InChI is InChI=1S/C26H38N6OS/c33-25(23-11-8-18-34-23)32-17-7-10-22(20-32)31-16-6-3-9-21(19-31)28-26-27-13-12-24(29-26)30-14-4-1-2-5-15-30/h8,11-13,18,21-22H,1-7,9-10,14-17,19-20H2,(H,27,28,29). The lowest BCUT2D eigenvalue weighted by Crippen LogP contribution is -2.51. The summed E-state index contributed by atoms with van der Waals surface area (Å²) in [6.45, 7) is 6.00. The molecule has 0 spiro atoms. The van der Waals surface area contributed by atoms with Crippen LogP contribution < -0.4 is 10.2 Å². The van der Waals surface area contributed by atoms with Gasteiger partial charge in [-0.1, -0.05) is 25.3 Å². The first kappa shape index (κ1) is 23.5. The van der Waals surface area contributed by atoms with Crippen LogP contribution in [0.25, 0.3) is 0 Å². The molecule has 2 aromatic heterocycles. The number of hydrogen-bond donors (Lipinski definition) is 1. The van der Waals surface area contributed by atoms with Crippen molar-refractivity contribution in [3.8, 4) is 0 Å². The van der Waals surface area contributed by atoms with Gasteiger partial charge in [0.15, 0.2) is 0 Å². The smallest absolute Gasteiger partial charge is 0.263 e. The zero-order valence-electron chi connectivity index (χ0n) is 20.2. The highest BCUT2D eigenvalue weighted by Gasteiger charge is 2.31. The SMILES string of the molecule is O=C(c1cccs1)N1CCCC(N2CCCCC(Nc3nccc(N4CCCCCC4)n3)C2)C1. The van der Waals surface area contributed by atoms with Gasteiger partial charge in [-0.3, -0.25) is 9.69 Å². The summed E-state index contributed by atoms with van der Waals surface area (Å²) in [5.74, 6) is 2.01. The number of carbonyl (C=O) groups is 1. The molecule has 2 unspecified atom stereocenters. The van der Waals surface area contributed by atoms with E-state index in [0.29, 0.717) is 12.1 Å². The van der Waals surface area contributed by atoms with Crippen LogP contribution in [0.2, 0.25) is 0 Å². The minimum absolute atomic E-state index is 0.197. The second kappa shape index (κ2) is 11.5. The van der Waals surface area contributed by atoms with Gasteiger partial charge in [-0.15, -0.1) is 11.3 Å². The van der Waals surface area contributed by atoms with Gasteiger partial charge in [0, 0.05) is 51.0 Å². The van der Waals surface area contributed by atoms with Gasteiger partial charge < -0.3 is 15.1 Å². The first-order chi connectivity index (χ1) is 16.8. The second-order valence-corrected chi connectivity index (χ2v) is 10.9. The predicted molar refractivity (Wildman–Crippen MR) is 139 cm³/mol. The van der Waals surface area contributed by atoms with Crippen LogP contribution in [0, 0.1) is 0 Å². The van der Waals surface area contributed by atoms with E-state index < -0.39 is 0 Å². The van der Waals surface area contributed by atoms with Crippen molar-refractivity contribution in [2.24, 2.45) is 0 Å². The molecular weight excluding hydrogens is 444 g/mol. The number of hydrogen-bond acceptors (Lipinski definition) is 7. The molecule has 34 heavy (non-hydrogen) atoms. The fourth-order valence-electron chi connectivity index (χ4n) is 5.69. The minimum Gasteiger partial charge on any atom is -0.356 e. The van der Waals surface area contributed by atoms with E-state index in [1.807, 2.05) is 23.7 Å². The topological polar surface area (TPSA) is 64.6 Å². The third-order valence-corrected chi connectivity index (χ3v) is 8.40. The van der Waals surface area contributed by atoms with E-state index in [9.17, 15) is 4.79 Å². The van der Waals surface area contributed by atoms with E-state index in [0.717, 1.165) is 68.8 Å². The molecule has 1 N–H and O–H groups in total. The number of nitrogens with zero attached hydrogens (tertiary/aromatic N) is 5. The van der Waals surface area contributed by atoms with E-state index in [-0.39, 0.29) is 5.91 Å². The summed E-state index contributed by atoms with van der Waals surface area (Å²) >= 11 is 1.55. The average Bonchev–Trinajstić information content (AvgIpc) is 3.12. The van der Waals surface area contributed by atoms with Crippen LogP contribution in [0.5, 0.6) is 0 Å². The van der Waals surface area contributed by atoms with Gasteiger partial charge in [0.1, 0.15) is 5.82 Å². The van der Waals surface area contributed by atoms with Crippen LogP contribution in [-0.4, -0.2) is 77.0 Å². The van der Waals surface area contributed by atoms with Crippen LogP contribution in [0.4, 0.5) is 11.8 Å².